The molecule has 5 rings (SSSR count). The highest BCUT2D eigenvalue weighted by molar-refractivity contribution is 6.00. The number of carbonyl (C=O) groups is 2. The summed E-state index contributed by atoms with van der Waals surface area (Å²) in [5.74, 6) is -1.02. The second-order valence-electron chi connectivity index (χ2n) is 9.30. The first-order valence-corrected chi connectivity index (χ1v) is 12.3. The minimum atomic E-state index is -4.70. The zero-order valence-electron chi connectivity index (χ0n) is 21.3. The summed E-state index contributed by atoms with van der Waals surface area (Å²) in [7, 11) is 0. The summed E-state index contributed by atoms with van der Waals surface area (Å²) in [4.78, 5) is 26.2. The fourth-order valence-corrected chi connectivity index (χ4v) is 4.75. The van der Waals surface area contributed by atoms with E-state index in [0.29, 0.717) is 65.7 Å². The number of fused-ring (bicyclic) bond motifs is 1. The van der Waals surface area contributed by atoms with Crippen molar-refractivity contribution in [2.24, 2.45) is 0 Å². The van der Waals surface area contributed by atoms with Crippen molar-refractivity contribution in [2.75, 3.05) is 36.0 Å². The molecule has 0 bridgehead atoms. The first-order valence-electron chi connectivity index (χ1n) is 12.3. The van der Waals surface area contributed by atoms with Crippen LogP contribution in [0.5, 0.6) is 0 Å². The lowest BCUT2D eigenvalue weighted by atomic mass is 10.0. The molecule has 0 saturated carbocycles. The van der Waals surface area contributed by atoms with Crippen molar-refractivity contribution in [1.82, 2.24) is 24.8 Å². The molecule has 0 aliphatic carbocycles. The van der Waals surface area contributed by atoms with Gasteiger partial charge in [-0.25, -0.2) is 9.18 Å². The Morgan fingerprint density at radius 3 is 2.59 bits per heavy atom. The van der Waals surface area contributed by atoms with Gasteiger partial charge in [-0.15, -0.1) is 10.2 Å². The highest BCUT2D eigenvalue weighted by Crippen LogP contribution is 2.37. The fraction of sp³-hybridized carbons (Fsp3) is 0.231. The fourth-order valence-electron chi connectivity index (χ4n) is 4.75. The minimum absolute atomic E-state index is 0.106. The Hall–Kier alpha value is -4.76. The van der Waals surface area contributed by atoms with E-state index < -0.39 is 29.3 Å². The van der Waals surface area contributed by atoms with Crippen LogP contribution in [0.4, 0.5) is 39.5 Å². The molecule has 214 valence electrons. The summed E-state index contributed by atoms with van der Waals surface area (Å²) in [6.45, 7) is 1.28. The third kappa shape index (κ3) is 5.76. The van der Waals surface area contributed by atoms with E-state index in [1.807, 2.05) is 4.90 Å². The Morgan fingerprint density at radius 2 is 1.90 bits per heavy atom. The van der Waals surface area contributed by atoms with Crippen molar-refractivity contribution in [3.05, 3.63) is 71.4 Å². The van der Waals surface area contributed by atoms with Crippen LogP contribution in [0.2, 0.25) is 0 Å². The Morgan fingerprint density at radius 1 is 1.15 bits per heavy atom. The number of benzene rings is 2. The number of anilines is 3. The number of carbonyl (C=O) groups excluding carboxylic acids is 2. The van der Waals surface area contributed by atoms with E-state index in [1.54, 1.807) is 16.5 Å². The molecule has 0 spiro atoms. The number of aromatic nitrogens is 3. The van der Waals surface area contributed by atoms with Crippen LogP contribution in [0, 0.1) is 5.82 Å². The summed E-state index contributed by atoms with van der Waals surface area (Å²) < 4.78 is 54.7. The van der Waals surface area contributed by atoms with E-state index in [4.69, 9.17) is 5.73 Å². The molecule has 3 heterocycles. The zero-order chi connectivity index (χ0) is 29.3. The second kappa shape index (κ2) is 11.0. The van der Waals surface area contributed by atoms with E-state index >= 15 is 0 Å². The maximum Gasteiger partial charge on any atom is 0.416 e. The molecule has 4 aromatic rings. The number of hydrogen-bond donors (Lipinski definition) is 5. The van der Waals surface area contributed by atoms with Gasteiger partial charge in [-0.2, -0.15) is 13.2 Å². The van der Waals surface area contributed by atoms with Gasteiger partial charge >= 0.3 is 12.2 Å². The lowest BCUT2D eigenvalue weighted by Crippen LogP contribution is -2.47. The van der Waals surface area contributed by atoms with Crippen LogP contribution in [0.3, 0.4) is 0 Å². The molecule has 0 radical (unpaired) electrons. The van der Waals surface area contributed by atoms with Crippen LogP contribution in [-0.4, -0.2) is 56.2 Å². The van der Waals surface area contributed by atoms with Crippen LogP contribution in [0.25, 0.3) is 16.6 Å². The van der Waals surface area contributed by atoms with Crippen LogP contribution >= 0.6 is 0 Å². The van der Waals surface area contributed by atoms with Gasteiger partial charge in [-0.3, -0.25) is 14.1 Å². The smallest absolute Gasteiger partial charge is 0.392 e. The van der Waals surface area contributed by atoms with Crippen LogP contribution in [0.1, 0.15) is 16.8 Å². The number of alkyl halides is 3. The molecular formula is C26H24F4N8O3. The van der Waals surface area contributed by atoms with Crippen molar-refractivity contribution in [3.63, 3.8) is 0 Å². The van der Waals surface area contributed by atoms with E-state index in [1.165, 1.54) is 18.5 Å². The number of halogens is 4. The van der Waals surface area contributed by atoms with E-state index in [-0.39, 0.29) is 30.6 Å². The third-order valence-corrected chi connectivity index (χ3v) is 6.62. The number of nitrogen functional groups attached to an aromatic ring is 1. The van der Waals surface area contributed by atoms with Gasteiger partial charge in [0.15, 0.2) is 5.82 Å². The number of aliphatic hydroxyl groups is 1. The van der Waals surface area contributed by atoms with Crippen molar-refractivity contribution < 1.29 is 32.3 Å². The lowest BCUT2D eigenvalue weighted by Gasteiger charge is -2.26. The summed E-state index contributed by atoms with van der Waals surface area (Å²) in [6, 6.07) is 7.11. The number of urea groups is 1. The number of aliphatic hydroxyl groups excluding tert-OH is 1. The molecule has 1 fully saturated rings. The molecule has 3 amide bonds. The van der Waals surface area contributed by atoms with Gasteiger partial charge in [0.25, 0.3) is 0 Å². The predicted octanol–water partition coefficient (Wildman–Crippen LogP) is 3.20. The zero-order valence-corrected chi connectivity index (χ0v) is 21.3. The van der Waals surface area contributed by atoms with Crippen molar-refractivity contribution in [3.8, 4) is 11.1 Å². The van der Waals surface area contributed by atoms with Crippen molar-refractivity contribution in [1.29, 1.82) is 0 Å². The Bertz CT molecular complexity index is 1620. The molecule has 1 aliphatic rings. The van der Waals surface area contributed by atoms with Crippen LogP contribution in [-0.2, 0) is 24.1 Å². The second-order valence-corrected chi connectivity index (χ2v) is 9.30. The maximum absolute atomic E-state index is 14.0. The minimum Gasteiger partial charge on any atom is -0.392 e. The molecule has 41 heavy (non-hydrogen) atoms. The Kier molecular flexibility index (Phi) is 7.47. The average Bonchev–Trinajstić information content (AvgIpc) is 3.24. The number of hydrogen-bond acceptors (Lipinski definition) is 7. The molecule has 1 aliphatic heterocycles. The molecule has 15 heteroatoms. The summed E-state index contributed by atoms with van der Waals surface area (Å²) in [6.07, 6.45) is -3.23. The molecule has 6 N–H and O–H groups in total. The van der Waals surface area contributed by atoms with E-state index in [2.05, 4.69) is 26.1 Å². The predicted molar refractivity (Wildman–Crippen MR) is 141 cm³/mol. The normalized spacial score (nSPS) is 14.2. The lowest BCUT2D eigenvalue weighted by molar-refractivity contribution is -0.137. The molecule has 11 nitrogen and oxygen atoms in total. The molecule has 1 saturated heterocycles. The molecular weight excluding hydrogens is 548 g/mol. The van der Waals surface area contributed by atoms with Gasteiger partial charge in [0.2, 0.25) is 5.91 Å². The van der Waals surface area contributed by atoms with Crippen molar-refractivity contribution >= 4 is 34.6 Å². The Balaban J connectivity index is 1.41. The van der Waals surface area contributed by atoms with Crippen molar-refractivity contribution in [2.45, 2.75) is 19.3 Å². The maximum atomic E-state index is 14.0. The molecule has 2 aromatic heterocycles. The number of piperazine rings is 1. The molecule has 0 unspecified atom stereocenters. The van der Waals surface area contributed by atoms with Gasteiger partial charge in [-0.05, 0) is 35.9 Å². The van der Waals surface area contributed by atoms with E-state index in [0.717, 1.165) is 0 Å². The number of nitrogens with two attached hydrogens (primary N) is 1. The summed E-state index contributed by atoms with van der Waals surface area (Å²) >= 11 is 0. The topological polar surface area (TPSA) is 150 Å². The number of nitrogens with zero attached hydrogens (tertiary/aromatic N) is 4. The first-order chi connectivity index (χ1) is 19.5. The third-order valence-electron chi connectivity index (χ3n) is 6.62. The monoisotopic (exact) mass is 572 g/mol. The Labute approximate surface area is 230 Å². The molecule has 2 aromatic carbocycles. The van der Waals surface area contributed by atoms with Gasteiger partial charge in [0.1, 0.15) is 12.1 Å². The largest absolute Gasteiger partial charge is 0.416 e. The first kappa shape index (κ1) is 27.8. The van der Waals surface area contributed by atoms with Gasteiger partial charge in [0.05, 0.1) is 29.9 Å². The highest BCUT2D eigenvalue weighted by Gasteiger charge is 2.31. The summed E-state index contributed by atoms with van der Waals surface area (Å²) in [5.41, 5.74) is 7.64. The van der Waals surface area contributed by atoms with Gasteiger partial charge in [-0.1, -0.05) is 12.1 Å². The standard InChI is InChI=1S/C26H24F4N8O3/c27-18-6-3-15(26(28,29)30)9-19(18)35-25(41)34-16-4-1-14(2-5-16)22-17(12-39)20(10-37-8-7-32-21(40)11-37)38-13-33-36-24(31)23(22)38/h1-6,9,13,39H,7-8,10-12H2,(H2,31,36)(H,32,40)(H2,34,35,41). The summed E-state index contributed by atoms with van der Waals surface area (Å²) in [5, 5.41) is 25.6. The van der Waals surface area contributed by atoms with Crippen LogP contribution in [0.15, 0.2) is 48.8 Å². The van der Waals surface area contributed by atoms with Crippen LogP contribution < -0.4 is 21.7 Å². The number of rotatable bonds is 6. The van der Waals surface area contributed by atoms with Gasteiger partial charge < -0.3 is 26.8 Å². The highest BCUT2D eigenvalue weighted by atomic mass is 19.4. The van der Waals surface area contributed by atoms with E-state index in [9.17, 15) is 32.3 Å². The quantitative estimate of drug-likeness (QED) is 0.223. The average molecular weight is 573 g/mol. The molecule has 0 atom stereocenters. The van der Waals surface area contributed by atoms with Gasteiger partial charge in [0, 0.05) is 42.1 Å². The number of amides is 3. The number of nitrogens with one attached hydrogen (secondary N) is 3. The SMILES string of the molecule is Nc1nncn2c(CN3CCNC(=O)C3)c(CO)c(-c3ccc(NC(=O)Nc4cc(C(F)(F)F)ccc4F)cc3)c12.